The average molecular weight is 258 g/mol. The van der Waals surface area contributed by atoms with Crippen LogP contribution in [-0.2, 0) is 19.5 Å². The number of hydrogen-bond donors (Lipinski definition) is 2. The Labute approximate surface area is 107 Å². The minimum atomic E-state index is -0.450. The Balaban J connectivity index is 1.35. The van der Waals surface area contributed by atoms with Crippen molar-refractivity contribution in [1.82, 2.24) is 11.0 Å². The Morgan fingerprint density at radius 2 is 1.89 bits per heavy atom. The maximum Gasteiger partial charge on any atom is 0.170 e. The fourth-order valence-corrected chi connectivity index (χ4v) is 2.80. The van der Waals surface area contributed by atoms with E-state index in [1.54, 1.807) is 0 Å². The Morgan fingerprint density at radius 3 is 2.67 bits per heavy atom. The van der Waals surface area contributed by atoms with E-state index in [2.05, 4.69) is 11.0 Å². The molecular formula is C12H22N2O4. The Morgan fingerprint density at radius 1 is 1.06 bits per heavy atom. The van der Waals surface area contributed by atoms with Crippen molar-refractivity contribution in [1.29, 1.82) is 0 Å². The van der Waals surface area contributed by atoms with E-state index in [0.717, 1.165) is 38.7 Å². The smallest absolute Gasteiger partial charge is 0.170 e. The highest BCUT2D eigenvalue weighted by Crippen LogP contribution is 2.45. The zero-order valence-corrected chi connectivity index (χ0v) is 10.9. The molecule has 3 rings (SSSR count). The summed E-state index contributed by atoms with van der Waals surface area (Å²) >= 11 is 0. The predicted octanol–water partition coefficient (Wildman–Crippen LogP) is 1.53. The summed E-state index contributed by atoms with van der Waals surface area (Å²) in [7, 11) is 0. The van der Waals surface area contributed by atoms with Crippen LogP contribution in [0.4, 0.5) is 0 Å². The molecule has 0 radical (unpaired) electrons. The fraction of sp³-hybridized carbons (Fsp3) is 1.00. The molecule has 0 amide bonds. The monoisotopic (exact) mass is 258 g/mol. The van der Waals surface area contributed by atoms with Gasteiger partial charge in [0.25, 0.3) is 0 Å². The summed E-state index contributed by atoms with van der Waals surface area (Å²) in [6, 6.07) is 0. The van der Waals surface area contributed by atoms with Crippen LogP contribution < -0.4 is 11.0 Å². The molecule has 6 nitrogen and oxygen atoms in total. The third-order valence-corrected chi connectivity index (χ3v) is 4.06. The van der Waals surface area contributed by atoms with Crippen LogP contribution in [0, 0.1) is 0 Å². The quantitative estimate of drug-likeness (QED) is 0.337. The lowest BCUT2D eigenvalue weighted by Gasteiger charge is -2.33. The van der Waals surface area contributed by atoms with Crippen molar-refractivity contribution in [2.45, 2.75) is 69.4 Å². The molecular weight excluding hydrogens is 236 g/mol. The van der Waals surface area contributed by atoms with Gasteiger partial charge in [0.05, 0.1) is 0 Å². The number of hydrogen-bond acceptors (Lipinski definition) is 6. The number of epoxide rings is 1. The van der Waals surface area contributed by atoms with Crippen molar-refractivity contribution in [2.24, 2.45) is 0 Å². The van der Waals surface area contributed by atoms with Gasteiger partial charge < -0.3 is 9.47 Å². The lowest BCUT2D eigenvalue weighted by atomic mass is 9.96. The fourth-order valence-electron chi connectivity index (χ4n) is 2.80. The van der Waals surface area contributed by atoms with Crippen LogP contribution in [0.1, 0.15) is 51.9 Å². The number of ether oxygens (including phenoxy) is 2. The molecule has 3 atom stereocenters. The SMILES string of the molecule is CC1(NOONC23CCCCC2O3)CCCCO1. The van der Waals surface area contributed by atoms with Gasteiger partial charge in [-0.05, 0) is 45.4 Å². The zero-order chi connectivity index (χ0) is 12.5. The number of hydroxylamine groups is 2. The molecule has 2 heterocycles. The molecule has 2 saturated heterocycles. The van der Waals surface area contributed by atoms with Crippen LogP contribution in [0.3, 0.4) is 0 Å². The van der Waals surface area contributed by atoms with Gasteiger partial charge in [0.1, 0.15) is 11.8 Å². The maximum absolute atomic E-state index is 5.62. The molecule has 1 saturated carbocycles. The first-order chi connectivity index (χ1) is 8.73. The van der Waals surface area contributed by atoms with Crippen LogP contribution in [0.2, 0.25) is 0 Å². The molecule has 2 N–H and O–H groups in total. The van der Waals surface area contributed by atoms with Crippen LogP contribution >= 0.6 is 0 Å². The predicted molar refractivity (Wildman–Crippen MR) is 62.7 cm³/mol. The lowest BCUT2D eigenvalue weighted by Crippen LogP contribution is -2.48. The van der Waals surface area contributed by atoms with Crippen LogP contribution in [0.5, 0.6) is 0 Å². The molecule has 0 spiro atoms. The number of nitrogens with one attached hydrogen (secondary N) is 2. The molecule has 18 heavy (non-hydrogen) atoms. The molecule has 0 aromatic carbocycles. The second-order valence-electron chi connectivity index (χ2n) is 5.65. The van der Waals surface area contributed by atoms with Gasteiger partial charge >= 0.3 is 0 Å². The standard InChI is InChI=1S/C12H22N2O4/c1-11(7-4-5-9-15-11)13-17-18-14-12-8-3-2-6-10(12)16-12/h10,13-14H,2-9H2,1H3. The zero-order valence-electron chi connectivity index (χ0n) is 10.9. The molecule has 6 heteroatoms. The molecule has 0 aromatic heterocycles. The highest BCUT2D eigenvalue weighted by atomic mass is 17.3. The van der Waals surface area contributed by atoms with Crippen LogP contribution in [0.15, 0.2) is 0 Å². The van der Waals surface area contributed by atoms with Gasteiger partial charge in [-0.2, -0.15) is 0 Å². The highest BCUT2D eigenvalue weighted by molar-refractivity contribution is 5.00. The summed E-state index contributed by atoms with van der Waals surface area (Å²) in [5.74, 6) is 0. The number of fused-ring (bicyclic) bond motifs is 1. The second-order valence-corrected chi connectivity index (χ2v) is 5.65. The van der Waals surface area contributed by atoms with Crippen molar-refractivity contribution in [3.63, 3.8) is 0 Å². The Hall–Kier alpha value is -0.240. The summed E-state index contributed by atoms with van der Waals surface area (Å²) in [6.45, 7) is 2.72. The van der Waals surface area contributed by atoms with Crippen molar-refractivity contribution in [2.75, 3.05) is 6.61 Å². The summed E-state index contributed by atoms with van der Waals surface area (Å²) in [4.78, 5) is 10.0. The van der Waals surface area contributed by atoms with E-state index in [0.29, 0.717) is 0 Å². The molecule has 0 bridgehead atoms. The molecule has 2 aliphatic heterocycles. The normalized spacial score (nSPS) is 43.5. The first kappa shape index (κ1) is 12.8. The Bertz CT molecular complexity index is 286. The molecule has 0 aromatic rings. The van der Waals surface area contributed by atoms with Crippen molar-refractivity contribution < 1.29 is 19.5 Å². The third-order valence-electron chi connectivity index (χ3n) is 4.06. The molecule has 3 unspecified atom stereocenters. The van der Waals surface area contributed by atoms with E-state index in [9.17, 15) is 0 Å². The largest absolute Gasteiger partial charge is 0.359 e. The van der Waals surface area contributed by atoms with Gasteiger partial charge in [0.15, 0.2) is 5.72 Å². The summed E-state index contributed by atoms with van der Waals surface area (Å²) in [5, 5.41) is 0. The molecule has 1 aliphatic carbocycles. The maximum atomic E-state index is 5.62. The van der Waals surface area contributed by atoms with Crippen LogP contribution in [0.25, 0.3) is 0 Å². The van der Waals surface area contributed by atoms with E-state index in [1.807, 2.05) is 6.92 Å². The van der Waals surface area contributed by atoms with Crippen molar-refractivity contribution in [3.05, 3.63) is 0 Å². The van der Waals surface area contributed by atoms with Gasteiger partial charge in [0, 0.05) is 6.61 Å². The van der Waals surface area contributed by atoms with Crippen LogP contribution in [-0.4, -0.2) is 24.2 Å². The Kier molecular flexibility index (Phi) is 3.57. The highest BCUT2D eigenvalue weighted by Gasteiger charge is 2.58. The molecule has 104 valence electrons. The number of rotatable bonds is 5. The first-order valence-corrected chi connectivity index (χ1v) is 6.91. The van der Waals surface area contributed by atoms with Gasteiger partial charge in [-0.1, -0.05) is 6.42 Å². The van der Waals surface area contributed by atoms with Gasteiger partial charge in [-0.25, -0.2) is 0 Å². The van der Waals surface area contributed by atoms with E-state index < -0.39 is 5.72 Å². The summed E-state index contributed by atoms with van der Waals surface area (Å²) < 4.78 is 11.2. The minimum absolute atomic E-state index is 0.288. The average Bonchev–Trinajstić information content (AvgIpc) is 3.10. The minimum Gasteiger partial charge on any atom is -0.359 e. The summed E-state index contributed by atoms with van der Waals surface area (Å²) in [6.07, 6.45) is 7.93. The topological polar surface area (TPSA) is 64.3 Å². The van der Waals surface area contributed by atoms with Crippen molar-refractivity contribution in [3.8, 4) is 0 Å². The van der Waals surface area contributed by atoms with E-state index >= 15 is 0 Å². The summed E-state index contributed by atoms with van der Waals surface area (Å²) in [5.41, 5.74) is 4.93. The lowest BCUT2D eigenvalue weighted by molar-refractivity contribution is -0.414. The molecule has 3 fully saturated rings. The second kappa shape index (κ2) is 5.03. The van der Waals surface area contributed by atoms with E-state index in [-0.39, 0.29) is 11.8 Å². The third kappa shape index (κ3) is 2.68. The molecule has 3 aliphatic rings. The van der Waals surface area contributed by atoms with E-state index in [1.165, 1.54) is 12.8 Å². The first-order valence-electron chi connectivity index (χ1n) is 6.91. The van der Waals surface area contributed by atoms with E-state index in [4.69, 9.17) is 19.5 Å². The van der Waals surface area contributed by atoms with Gasteiger partial charge in [-0.3, -0.25) is 0 Å². The van der Waals surface area contributed by atoms with Gasteiger partial charge in [-0.15, -0.1) is 20.9 Å². The van der Waals surface area contributed by atoms with Crippen molar-refractivity contribution >= 4 is 0 Å². The van der Waals surface area contributed by atoms with Gasteiger partial charge in [0.2, 0.25) is 0 Å².